The molecule has 1 atom stereocenters. The second kappa shape index (κ2) is 4.98. The van der Waals surface area contributed by atoms with Crippen molar-refractivity contribution in [2.75, 3.05) is 26.2 Å². The SMILES string of the molecule is CCOC(=O)NCC1CCNC1. The maximum Gasteiger partial charge on any atom is 0.407 e. The van der Waals surface area contributed by atoms with Gasteiger partial charge in [-0.25, -0.2) is 4.79 Å². The van der Waals surface area contributed by atoms with Crippen LogP contribution in [0.2, 0.25) is 0 Å². The molecular weight excluding hydrogens is 156 g/mol. The Hall–Kier alpha value is -0.770. The van der Waals surface area contributed by atoms with Crippen LogP contribution in [0.4, 0.5) is 4.79 Å². The van der Waals surface area contributed by atoms with E-state index in [4.69, 9.17) is 4.74 Å². The number of amides is 1. The summed E-state index contributed by atoms with van der Waals surface area (Å²) in [6.07, 6.45) is 0.844. The first-order chi connectivity index (χ1) is 5.83. The number of nitrogens with one attached hydrogen (secondary N) is 2. The standard InChI is InChI=1S/C8H16N2O2/c1-2-12-8(11)10-6-7-3-4-9-5-7/h7,9H,2-6H2,1H3,(H,10,11). The summed E-state index contributed by atoms with van der Waals surface area (Å²) in [5.74, 6) is 0.578. The summed E-state index contributed by atoms with van der Waals surface area (Å²) in [5, 5.41) is 5.96. The molecule has 0 aromatic rings. The number of carbonyl (C=O) groups excluding carboxylic acids is 1. The quantitative estimate of drug-likeness (QED) is 0.645. The fraction of sp³-hybridized carbons (Fsp3) is 0.875. The molecule has 1 saturated heterocycles. The Kier molecular flexibility index (Phi) is 3.87. The van der Waals surface area contributed by atoms with Gasteiger partial charge in [0.2, 0.25) is 0 Å². The molecule has 0 spiro atoms. The maximum atomic E-state index is 10.8. The van der Waals surface area contributed by atoms with Gasteiger partial charge in [0, 0.05) is 6.54 Å². The Morgan fingerprint density at radius 3 is 3.17 bits per heavy atom. The minimum absolute atomic E-state index is 0.301. The summed E-state index contributed by atoms with van der Waals surface area (Å²) in [4.78, 5) is 10.8. The number of hydrogen-bond donors (Lipinski definition) is 2. The Morgan fingerprint density at radius 1 is 1.75 bits per heavy atom. The molecule has 1 unspecified atom stereocenters. The first-order valence-electron chi connectivity index (χ1n) is 4.44. The zero-order chi connectivity index (χ0) is 8.81. The van der Waals surface area contributed by atoms with E-state index in [1.807, 2.05) is 0 Å². The van der Waals surface area contributed by atoms with Crippen LogP contribution in [0.1, 0.15) is 13.3 Å². The number of alkyl carbamates (subject to hydrolysis) is 1. The van der Waals surface area contributed by atoms with Crippen LogP contribution < -0.4 is 10.6 Å². The third-order valence-electron chi connectivity index (χ3n) is 1.97. The van der Waals surface area contributed by atoms with Gasteiger partial charge in [-0.15, -0.1) is 0 Å². The molecule has 1 aliphatic rings. The van der Waals surface area contributed by atoms with Crippen molar-refractivity contribution in [3.05, 3.63) is 0 Å². The van der Waals surface area contributed by atoms with Crippen molar-refractivity contribution in [1.29, 1.82) is 0 Å². The van der Waals surface area contributed by atoms with Gasteiger partial charge in [0.15, 0.2) is 0 Å². The summed E-state index contributed by atoms with van der Waals surface area (Å²) in [7, 11) is 0. The number of carbonyl (C=O) groups is 1. The lowest BCUT2D eigenvalue weighted by Crippen LogP contribution is -2.30. The number of rotatable bonds is 3. The summed E-state index contributed by atoms with van der Waals surface area (Å²) in [6.45, 7) is 5.04. The average molecular weight is 172 g/mol. The molecule has 0 aromatic heterocycles. The van der Waals surface area contributed by atoms with Crippen LogP contribution >= 0.6 is 0 Å². The summed E-state index contributed by atoms with van der Waals surface area (Å²) in [5.41, 5.74) is 0. The molecule has 1 aliphatic heterocycles. The van der Waals surface area contributed by atoms with E-state index in [0.29, 0.717) is 12.5 Å². The normalized spacial score (nSPS) is 22.2. The van der Waals surface area contributed by atoms with Gasteiger partial charge in [0.1, 0.15) is 0 Å². The largest absolute Gasteiger partial charge is 0.450 e. The van der Waals surface area contributed by atoms with E-state index >= 15 is 0 Å². The van der Waals surface area contributed by atoms with Crippen molar-refractivity contribution >= 4 is 6.09 Å². The Bertz CT molecular complexity index is 144. The highest BCUT2D eigenvalue weighted by molar-refractivity contribution is 5.67. The van der Waals surface area contributed by atoms with Gasteiger partial charge in [-0.1, -0.05) is 0 Å². The minimum Gasteiger partial charge on any atom is -0.450 e. The van der Waals surface area contributed by atoms with Gasteiger partial charge in [-0.2, -0.15) is 0 Å². The third-order valence-corrected chi connectivity index (χ3v) is 1.97. The first kappa shape index (κ1) is 9.32. The van der Waals surface area contributed by atoms with Crippen LogP contribution in [0.5, 0.6) is 0 Å². The molecule has 12 heavy (non-hydrogen) atoms. The molecule has 4 heteroatoms. The Balaban J connectivity index is 2.03. The van der Waals surface area contributed by atoms with E-state index < -0.39 is 0 Å². The van der Waals surface area contributed by atoms with E-state index in [1.54, 1.807) is 6.92 Å². The molecule has 4 nitrogen and oxygen atoms in total. The van der Waals surface area contributed by atoms with Gasteiger partial charge in [0.25, 0.3) is 0 Å². The van der Waals surface area contributed by atoms with Crippen LogP contribution in [-0.4, -0.2) is 32.3 Å². The van der Waals surface area contributed by atoms with E-state index in [2.05, 4.69) is 10.6 Å². The first-order valence-corrected chi connectivity index (χ1v) is 4.44. The zero-order valence-corrected chi connectivity index (χ0v) is 7.43. The molecule has 1 rings (SSSR count). The topological polar surface area (TPSA) is 50.4 Å². The highest BCUT2D eigenvalue weighted by Crippen LogP contribution is 2.04. The average Bonchev–Trinajstić information content (AvgIpc) is 2.53. The molecule has 1 amide bonds. The van der Waals surface area contributed by atoms with E-state index in [0.717, 1.165) is 26.1 Å². The predicted octanol–water partition coefficient (Wildman–Crippen LogP) is 0.342. The minimum atomic E-state index is -0.301. The highest BCUT2D eigenvalue weighted by atomic mass is 16.5. The molecule has 0 radical (unpaired) electrons. The monoisotopic (exact) mass is 172 g/mol. The second-order valence-corrected chi connectivity index (χ2v) is 2.96. The van der Waals surface area contributed by atoms with Crippen LogP contribution in [0.3, 0.4) is 0 Å². The van der Waals surface area contributed by atoms with E-state index in [1.165, 1.54) is 0 Å². The molecule has 0 bridgehead atoms. The van der Waals surface area contributed by atoms with Gasteiger partial charge < -0.3 is 15.4 Å². The number of ether oxygens (including phenoxy) is 1. The lowest BCUT2D eigenvalue weighted by Gasteiger charge is -2.09. The van der Waals surface area contributed by atoms with Gasteiger partial charge >= 0.3 is 6.09 Å². The lowest BCUT2D eigenvalue weighted by atomic mass is 10.1. The molecule has 70 valence electrons. The van der Waals surface area contributed by atoms with Crippen molar-refractivity contribution in [3.8, 4) is 0 Å². The van der Waals surface area contributed by atoms with E-state index in [9.17, 15) is 4.79 Å². The van der Waals surface area contributed by atoms with Crippen molar-refractivity contribution < 1.29 is 9.53 Å². The fourth-order valence-corrected chi connectivity index (χ4v) is 1.30. The molecule has 0 saturated carbocycles. The molecule has 0 aliphatic carbocycles. The second-order valence-electron chi connectivity index (χ2n) is 2.96. The van der Waals surface area contributed by atoms with E-state index in [-0.39, 0.29) is 6.09 Å². The van der Waals surface area contributed by atoms with Crippen molar-refractivity contribution in [2.24, 2.45) is 5.92 Å². The van der Waals surface area contributed by atoms with Crippen LogP contribution in [0.15, 0.2) is 0 Å². The van der Waals surface area contributed by atoms with Crippen molar-refractivity contribution in [1.82, 2.24) is 10.6 Å². The molecule has 1 heterocycles. The Labute approximate surface area is 72.7 Å². The third kappa shape index (κ3) is 3.09. The van der Waals surface area contributed by atoms with Crippen LogP contribution in [0.25, 0.3) is 0 Å². The fourth-order valence-electron chi connectivity index (χ4n) is 1.30. The lowest BCUT2D eigenvalue weighted by molar-refractivity contribution is 0.150. The molecule has 0 aromatic carbocycles. The smallest absolute Gasteiger partial charge is 0.407 e. The maximum absolute atomic E-state index is 10.8. The van der Waals surface area contributed by atoms with Gasteiger partial charge in [0.05, 0.1) is 6.61 Å². The number of hydrogen-bond acceptors (Lipinski definition) is 3. The summed E-state index contributed by atoms with van der Waals surface area (Å²) < 4.78 is 4.73. The Morgan fingerprint density at radius 2 is 2.58 bits per heavy atom. The molecular formula is C8H16N2O2. The van der Waals surface area contributed by atoms with Gasteiger partial charge in [-0.3, -0.25) is 0 Å². The predicted molar refractivity (Wildman–Crippen MR) is 46.0 cm³/mol. The highest BCUT2D eigenvalue weighted by Gasteiger charge is 2.14. The van der Waals surface area contributed by atoms with Crippen molar-refractivity contribution in [3.63, 3.8) is 0 Å². The zero-order valence-electron chi connectivity index (χ0n) is 7.43. The molecule has 1 fully saturated rings. The van der Waals surface area contributed by atoms with Crippen LogP contribution in [-0.2, 0) is 4.74 Å². The summed E-state index contributed by atoms with van der Waals surface area (Å²) >= 11 is 0. The van der Waals surface area contributed by atoms with Crippen LogP contribution in [0, 0.1) is 5.92 Å². The van der Waals surface area contributed by atoms with Gasteiger partial charge in [-0.05, 0) is 32.4 Å². The summed E-state index contributed by atoms with van der Waals surface area (Å²) in [6, 6.07) is 0. The van der Waals surface area contributed by atoms with Crippen molar-refractivity contribution in [2.45, 2.75) is 13.3 Å². The molecule has 2 N–H and O–H groups in total.